The summed E-state index contributed by atoms with van der Waals surface area (Å²) in [6.07, 6.45) is 0.884. The highest BCUT2D eigenvalue weighted by Crippen LogP contribution is 2.41. The molecule has 0 bridgehead atoms. The van der Waals surface area contributed by atoms with E-state index in [0.29, 0.717) is 17.2 Å². The number of halogens is 3. The van der Waals surface area contributed by atoms with Crippen LogP contribution in [-0.4, -0.2) is 48.5 Å². The molecule has 0 N–H and O–H groups in total. The summed E-state index contributed by atoms with van der Waals surface area (Å²) in [5, 5.41) is 0. The Bertz CT molecular complexity index is 853. The van der Waals surface area contributed by atoms with Crippen LogP contribution in [0.25, 0.3) is 0 Å². The predicted octanol–water partition coefficient (Wildman–Crippen LogP) is 5.57. The highest BCUT2D eigenvalue weighted by atomic mass is 19.4. The molecule has 0 aliphatic carbocycles. The maximum atomic E-state index is 12.9. The number of rotatable bonds is 6. The normalized spacial score (nSPS) is 24.2. The van der Waals surface area contributed by atoms with Gasteiger partial charge in [-0.3, -0.25) is 4.79 Å². The number of hydrogen-bond donors (Lipinski definition) is 0. The maximum absolute atomic E-state index is 12.9. The molecule has 3 heterocycles. The summed E-state index contributed by atoms with van der Waals surface area (Å²) in [6.45, 7) is 6.96. The van der Waals surface area contributed by atoms with E-state index in [1.807, 2.05) is 12.1 Å². The van der Waals surface area contributed by atoms with Gasteiger partial charge in [-0.1, -0.05) is 26.0 Å². The van der Waals surface area contributed by atoms with Crippen molar-refractivity contribution in [2.75, 3.05) is 19.6 Å². The van der Waals surface area contributed by atoms with Gasteiger partial charge in [0.25, 0.3) is 0 Å². The second-order valence-electron chi connectivity index (χ2n) is 9.24. The summed E-state index contributed by atoms with van der Waals surface area (Å²) in [6, 6.07) is 5.60. The number of likely N-dealkylation sites (tertiary alicyclic amines) is 1. The van der Waals surface area contributed by atoms with E-state index in [2.05, 4.69) is 23.7 Å². The molecule has 1 unspecified atom stereocenters. The summed E-state index contributed by atoms with van der Waals surface area (Å²) >= 11 is 0. The van der Waals surface area contributed by atoms with E-state index in [9.17, 15) is 18.0 Å². The van der Waals surface area contributed by atoms with E-state index >= 15 is 0 Å². The molecule has 1 atom stereocenters. The first-order chi connectivity index (χ1) is 14.7. The highest BCUT2D eigenvalue weighted by Gasteiger charge is 2.46. The SMILES string of the molecule is CCC1(CC)CC(CCN2CCC(c3ccc4c(c3)CC(C(F)(F)F)=N4)CC2)OC1=O. The van der Waals surface area contributed by atoms with Gasteiger partial charge in [-0.2, -0.15) is 13.2 Å². The number of nitrogens with zero attached hydrogens (tertiary/aromatic N) is 2. The Labute approximate surface area is 181 Å². The Hall–Kier alpha value is -1.89. The Morgan fingerprint density at radius 2 is 1.90 bits per heavy atom. The number of cyclic esters (lactones) is 1. The number of aliphatic imine (C=N–C) groups is 1. The van der Waals surface area contributed by atoms with E-state index < -0.39 is 11.9 Å². The van der Waals surface area contributed by atoms with Gasteiger partial charge in [0.1, 0.15) is 11.8 Å². The number of esters is 1. The summed E-state index contributed by atoms with van der Waals surface area (Å²) in [4.78, 5) is 18.4. The molecule has 1 aromatic carbocycles. The third-order valence-electron chi connectivity index (χ3n) is 7.55. The number of hydrogen-bond acceptors (Lipinski definition) is 4. The molecule has 2 fully saturated rings. The molecular weight excluding hydrogens is 405 g/mol. The van der Waals surface area contributed by atoms with Crippen LogP contribution in [0.5, 0.6) is 0 Å². The van der Waals surface area contributed by atoms with E-state index in [4.69, 9.17) is 4.74 Å². The van der Waals surface area contributed by atoms with Crippen molar-refractivity contribution in [3.8, 4) is 0 Å². The number of ether oxygens (including phenoxy) is 1. The first-order valence-electron chi connectivity index (χ1n) is 11.4. The molecular formula is C24H31F3N2O2. The second kappa shape index (κ2) is 8.57. The number of piperidine rings is 1. The van der Waals surface area contributed by atoms with E-state index in [-0.39, 0.29) is 23.9 Å². The predicted molar refractivity (Wildman–Crippen MR) is 114 cm³/mol. The van der Waals surface area contributed by atoms with Crippen LogP contribution in [0, 0.1) is 5.41 Å². The number of fused-ring (bicyclic) bond motifs is 1. The van der Waals surface area contributed by atoms with E-state index in [1.165, 1.54) is 0 Å². The van der Waals surface area contributed by atoms with E-state index in [0.717, 1.165) is 63.7 Å². The monoisotopic (exact) mass is 436 g/mol. The number of alkyl halides is 3. The Balaban J connectivity index is 1.27. The quantitative estimate of drug-likeness (QED) is 0.548. The minimum absolute atomic E-state index is 0.0182. The van der Waals surface area contributed by atoms with Crippen LogP contribution in [-0.2, 0) is 16.0 Å². The minimum atomic E-state index is -4.36. The zero-order valence-corrected chi connectivity index (χ0v) is 18.3. The molecule has 170 valence electrons. The molecule has 3 aliphatic heterocycles. The van der Waals surface area contributed by atoms with Crippen LogP contribution >= 0.6 is 0 Å². The van der Waals surface area contributed by atoms with Gasteiger partial charge >= 0.3 is 12.1 Å². The van der Waals surface area contributed by atoms with Crippen molar-refractivity contribution in [1.29, 1.82) is 0 Å². The first-order valence-corrected chi connectivity index (χ1v) is 11.4. The van der Waals surface area contributed by atoms with Gasteiger partial charge in [0.15, 0.2) is 0 Å². The van der Waals surface area contributed by atoms with Crippen LogP contribution in [0.3, 0.4) is 0 Å². The second-order valence-corrected chi connectivity index (χ2v) is 9.24. The van der Waals surface area contributed by atoms with Crippen molar-refractivity contribution in [2.24, 2.45) is 10.4 Å². The Morgan fingerprint density at radius 3 is 2.52 bits per heavy atom. The summed E-state index contributed by atoms with van der Waals surface area (Å²) in [5.74, 6) is 0.337. The lowest BCUT2D eigenvalue weighted by Gasteiger charge is -2.32. The third-order valence-corrected chi connectivity index (χ3v) is 7.55. The van der Waals surface area contributed by atoms with Gasteiger partial charge in [-0.25, -0.2) is 4.99 Å². The molecule has 0 radical (unpaired) electrons. The zero-order chi connectivity index (χ0) is 22.2. The molecule has 0 saturated carbocycles. The lowest BCUT2D eigenvalue weighted by molar-refractivity contribution is -0.149. The smallest absolute Gasteiger partial charge is 0.429 e. The fourth-order valence-electron chi connectivity index (χ4n) is 5.28. The van der Waals surface area contributed by atoms with Crippen molar-refractivity contribution in [3.63, 3.8) is 0 Å². The Morgan fingerprint density at radius 1 is 1.19 bits per heavy atom. The topological polar surface area (TPSA) is 41.9 Å². The average molecular weight is 437 g/mol. The summed E-state index contributed by atoms with van der Waals surface area (Å²) in [5.41, 5.74) is 1.27. The maximum Gasteiger partial charge on any atom is 0.429 e. The van der Waals surface area contributed by atoms with Gasteiger partial charge < -0.3 is 9.64 Å². The molecule has 3 aliphatic rings. The van der Waals surface area contributed by atoms with Crippen molar-refractivity contribution >= 4 is 17.4 Å². The molecule has 0 amide bonds. The largest absolute Gasteiger partial charge is 0.462 e. The zero-order valence-electron chi connectivity index (χ0n) is 18.3. The molecule has 1 aromatic rings. The van der Waals surface area contributed by atoms with Crippen molar-refractivity contribution in [2.45, 2.75) is 77.0 Å². The fraction of sp³-hybridized carbons (Fsp3) is 0.667. The third kappa shape index (κ3) is 4.52. The Kier molecular flexibility index (Phi) is 6.16. The molecule has 4 rings (SSSR count). The van der Waals surface area contributed by atoms with Crippen LogP contribution in [0.2, 0.25) is 0 Å². The number of carbonyl (C=O) groups is 1. The minimum Gasteiger partial charge on any atom is -0.462 e. The molecule has 0 aromatic heterocycles. The fourth-order valence-corrected chi connectivity index (χ4v) is 5.28. The van der Waals surface area contributed by atoms with Crippen LogP contribution in [0.4, 0.5) is 18.9 Å². The van der Waals surface area contributed by atoms with Crippen LogP contribution in [0.1, 0.15) is 69.4 Å². The van der Waals surface area contributed by atoms with Gasteiger partial charge in [-0.05, 0) is 68.3 Å². The lowest BCUT2D eigenvalue weighted by atomic mass is 9.79. The molecule has 2 saturated heterocycles. The summed E-state index contributed by atoms with van der Waals surface area (Å²) < 4.78 is 44.5. The van der Waals surface area contributed by atoms with Crippen LogP contribution < -0.4 is 0 Å². The molecule has 4 nitrogen and oxygen atoms in total. The van der Waals surface area contributed by atoms with E-state index in [1.54, 1.807) is 6.07 Å². The molecule has 31 heavy (non-hydrogen) atoms. The van der Waals surface area contributed by atoms with Gasteiger partial charge in [0.2, 0.25) is 0 Å². The van der Waals surface area contributed by atoms with Crippen molar-refractivity contribution in [1.82, 2.24) is 4.90 Å². The summed E-state index contributed by atoms with van der Waals surface area (Å²) in [7, 11) is 0. The number of carbonyl (C=O) groups excluding carboxylic acids is 1. The van der Waals surface area contributed by atoms with Gasteiger partial charge in [-0.15, -0.1) is 0 Å². The highest BCUT2D eigenvalue weighted by molar-refractivity contribution is 5.97. The standard InChI is InChI=1S/C24H31F3N2O2/c1-3-23(4-2)15-19(31-22(23)30)9-12-29-10-7-16(8-11-29)17-5-6-20-18(13-17)14-21(28-20)24(25,26)27/h5-6,13,16,19H,3-4,7-12,14-15H2,1-2H3. The van der Waals surface area contributed by atoms with Gasteiger partial charge in [0.05, 0.1) is 11.1 Å². The lowest BCUT2D eigenvalue weighted by Crippen LogP contribution is -2.35. The first kappa shape index (κ1) is 22.3. The molecule has 0 spiro atoms. The number of benzene rings is 1. The van der Waals surface area contributed by atoms with Crippen molar-refractivity contribution < 1.29 is 22.7 Å². The van der Waals surface area contributed by atoms with Crippen LogP contribution in [0.15, 0.2) is 23.2 Å². The van der Waals surface area contributed by atoms with Gasteiger partial charge in [0, 0.05) is 19.4 Å². The molecule has 7 heteroatoms. The van der Waals surface area contributed by atoms with Crippen molar-refractivity contribution in [3.05, 3.63) is 29.3 Å². The average Bonchev–Trinajstić information content (AvgIpc) is 3.33.